The molecule has 2 aromatic rings. The molecular formula is C24H34N6O6S. The van der Waals surface area contributed by atoms with Crippen LogP contribution in [0.2, 0.25) is 0 Å². The van der Waals surface area contributed by atoms with Crippen LogP contribution < -0.4 is 27.4 Å². The van der Waals surface area contributed by atoms with Gasteiger partial charge < -0.3 is 37.5 Å². The van der Waals surface area contributed by atoms with Crippen LogP contribution >= 0.6 is 11.8 Å². The Labute approximate surface area is 218 Å². The fourth-order valence-electron chi connectivity index (χ4n) is 3.63. The normalized spacial score (nSPS) is 14.2. The number of H-pyrrole nitrogens is 1. The quantitative estimate of drug-likeness (QED) is 0.160. The highest BCUT2D eigenvalue weighted by atomic mass is 32.2. The summed E-state index contributed by atoms with van der Waals surface area (Å²) in [6.45, 7) is 1.42. The zero-order valence-electron chi connectivity index (χ0n) is 20.8. The molecule has 0 saturated carbocycles. The van der Waals surface area contributed by atoms with E-state index >= 15 is 0 Å². The lowest BCUT2D eigenvalue weighted by molar-refractivity contribution is -0.142. The van der Waals surface area contributed by atoms with Crippen LogP contribution in [-0.4, -0.2) is 75.9 Å². The molecule has 0 aliphatic heterocycles. The number of hydrogen-bond acceptors (Lipinski definition) is 7. The summed E-state index contributed by atoms with van der Waals surface area (Å²) in [6.07, 6.45) is 3.65. The lowest BCUT2D eigenvalue weighted by Crippen LogP contribution is -2.56. The minimum atomic E-state index is -1.23. The predicted molar refractivity (Wildman–Crippen MR) is 141 cm³/mol. The van der Waals surface area contributed by atoms with Gasteiger partial charge in [0, 0.05) is 23.5 Å². The summed E-state index contributed by atoms with van der Waals surface area (Å²) >= 11 is 1.42. The van der Waals surface area contributed by atoms with Crippen LogP contribution in [0.5, 0.6) is 0 Å². The van der Waals surface area contributed by atoms with Gasteiger partial charge in [0.05, 0.1) is 6.04 Å². The smallest absolute Gasteiger partial charge is 0.326 e. The summed E-state index contributed by atoms with van der Waals surface area (Å²) in [7, 11) is 0. The molecule has 4 atom stereocenters. The van der Waals surface area contributed by atoms with Crippen molar-refractivity contribution in [3.05, 3.63) is 36.0 Å². The number of nitrogens with one attached hydrogen (secondary N) is 4. The van der Waals surface area contributed by atoms with Crippen molar-refractivity contribution >= 4 is 52.3 Å². The van der Waals surface area contributed by atoms with Crippen LogP contribution in [0.4, 0.5) is 0 Å². The van der Waals surface area contributed by atoms with E-state index in [4.69, 9.17) is 11.5 Å². The highest BCUT2D eigenvalue weighted by Crippen LogP contribution is 2.18. The van der Waals surface area contributed by atoms with Gasteiger partial charge >= 0.3 is 5.97 Å². The van der Waals surface area contributed by atoms with Crippen LogP contribution in [-0.2, 0) is 30.4 Å². The first-order valence-electron chi connectivity index (χ1n) is 11.7. The van der Waals surface area contributed by atoms with Gasteiger partial charge in [0.2, 0.25) is 23.6 Å². The number of fused-ring (bicyclic) bond motifs is 1. The van der Waals surface area contributed by atoms with Gasteiger partial charge in [-0.1, -0.05) is 18.2 Å². The van der Waals surface area contributed by atoms with Crippen molar-refractivity contribution in [3.8, 4) is 0 Å². The third-order valence-corrected chi connectivity index (χ3v) is 6.39. The first-order chi connectivity index (χ1) is 17.5. The number of primary amides is 1. The van der Waals surface area contributed by atoms with Gasteiger partial charge in [0.25, 0.3) is 0 Å². The monoisotopic (exact) mass is 534 g/mol. The van der Waals surface area contributed by atoms with Crippen LogP contribution in [0.3, 0.4) is 0 Å². The molecule has 4 amide bonds. The third-order valence-electron chi connectivity index (χ3n) is 5.74. The minimum Gasteiger partial charge on any atom is -0.480 e. The molecule has 4 unspecified atom stereocenters. The predicted octanol–water partition coefficient (Wildman–Crippen LogP) is -0.385. The Hall–Kier alpha value is -3.58. The maximum absolute atomic E-state index is 12.8. The number of nitrogens with two attached hydrogens (primary N) is 2. The Morgan fingerprint density at radius 2 is 1.68 bits per heavy atom. The molecule has 2 rings (SSSR count). The second kappa shape index (κ2) is 14.2. The molecule has 1 aromatic heterocycles. The molecule has 13 heteroatoms. The van der Waals surface area contributed by atoms with E-state index in [0.717, 1.165) is 16.5 Å². The van der Waals surface area contributed by atoms with Gasteiger partial charge in [-0.05, 0) is 49.8 Å². The van der Waals surface area contributed by atoms with E-state index in [1.165, 1.54) is 18.7 Å². The molecule has 0 aliphatic carbocycles. The van der Waals surface area contributed by atoms with Crippen molar-refractivity contribution in [1.82, 2.24) is 20.9 Å². The number of amides is 4. The number of aliphatic carboxylic acids is 1. The van der Waals surface area contributed by atoms with Crippen molar-refractivity contribution in [2.75, 3.05) is 12.0 Å². The van der Waals surface area contributed by atoms with Crippen molar-refractivity contribution in [3.63, 3.8) is 0 Å². The van der Waals surface area contributed by atoms with Crippen molar-refractivity contribution in [1.29, 1.82) is 0 Å². The van der Waals surface area contributed by atoms with Gasteiger partial charge in [0.1, 0.15) is 18.1 Å². The highest BCUT2D eigenvalue weighted by Gasteiger charge is 2.29. The van der Waals surface area contributed by atoms with Crippen LogP contribution in [0.1, 0.15) is 31.7 Å². The van der Waals surface area contributed by atoms with Crippen molar-refractivity contribution < 1.29 is 29.1 Å². The Kier molecular flexibility index (Phi) is 11.4. The maximum Gasteiger partial charge on any atom is 0.326 e. The summed E-state index contributed by atoms with van der Waals surface area (Å²) in [5, 5.41) is 17.7. The molecule has 37 heavy (non-hydrogen) atoms. The second-order valence-electron chi connectivity index (χ2n) is 8.65. The lowest BCUT2D eigenvalue weighted by Gasteiger charge is -2.23. The fourth-order valence-corrected chi connectivity index (χ4v) is 4.11. The van der Waals surface area contributed by atoms with E-state index in [1.54, 1.807) is 12.5 Å². The molecular weight excluding hydrogens is 500 g/mol. The molecule has 0 radical (unpaired) electrons. The number of aromatic amines is 1. The highest BCUT2D eigenvalue weighted by molar-refractivity contribution is 7.98. The Morgan fingerprint density at radius 1 is 1.00 bits per heavy atom. The number of rotatable bonds is 15. The second-order valence-corrected chi connectivity index (χ2v) is 9.63. The zero-order valence-corrected chi connectivity index (χ0v) is 21.6. The van der Waals surface area contributed by atoms with Crippen LogP contribution in [0, 0.1) is 0 Å². The SMILES string of the molecule is CSCCC(NC(=O)C(CCC(N)=O)NC(=O)C(C)NC(=O)C(N)Cc1c[nH]c2ccccc12)C(=O)O. The number of para-hydroxylation sites is 1. The van der Waals surface area contributed by atoms with Crippen molar-refractivity contribution in [2.45, 2.75) is 56.8 Å². The standard InChI is InChI=1S/C24H34N6O6S/c1-13(28-22(33)16(25)11-14-12-27-17-6-4-3-5-15(14)17)21(32)29-18(7-8-20(26)31)23(34)30-19(24(35)36)9-10-37-2/h3-6,12-13,16,18-19,27H,7-11,25H2,1-2H3,(H2,26,31)(H,28,33)(H,29,32)(H,30,34)(H,35,36). The Bertz CT molecular complexity index is 1120. The van der Waals surface area contributed by atoms with Crippen LogP contribution in [0.15, 0.2) is 30.5 Å². The molecule has 0 fully saturated rings. The number of carboxylic acid groups (broad SMARTS) is 1. The molecule has 0 saturated heterocycles. The number of carbonyl (C=O) groups is 5. The zero-order chi connectivity index (χ0) is 27.5. The molecule has 202 valence electrons. The molecule has 0 aliphatic rings. The largest absolute Gasteiger partial charge is 0.480 e. The Morgan fingerprint density at radius 3 is 2.32 bits per heavy atom. The molecule has 0 bridgehead atoms. The van der Waals surface area contributed by atoms with Crippen molar-refractivity contribution in [2.24, 2.45) is 11.5 Å². The molecule has 12 nitrogen and oxygen atoms in total. The first kappa shape index (κ1) is 29.6. The van der Waals surface area contributed by atoms with E-state index < -0.39 is 53.8 Å². The fraction of sp³-hybridized carbons (Fsp3) is 0.458. The number of aromatic nitrogens is 1. The average molecular weight is 535 g/mol. The van der Waals surface area contributed by atoms with Gasteiger partial charge in [-0.25, -0.2) is 4.79 Å². The van der Waals surface area contributed by atoms with E-state index in [2.05, 4.69) is 20.9 Å². The van der Waals surface area contributed by atoms with Gasteiger partial charge in [-0.2, -0.15) is 11.8 Å². The van der Waals surface area contributed by atoms with E-state index in [9.17, 15) is 29.1 Å². The molecule has 9 N–H and O–H groups in total. The number of carboxylic acids is 1. The summed E-state index contributed by atoms with van der Waals surface area (Å²) in [5.41, 5.74) is 13.0. The number of thioether (sulfide) groups is 1. The summed E-state index contributed by atoms with van der Waals surface area (Å²) < 4.78 is 0. The topological polar surface area (TPSA) is 209 Å². The van der Waals surface area contributed by atoms with Gasteiger partial charge in [0.15, 0.2) is 0 Å². The molecule has 0 spiro atoms. The number of benzene rings is 1. The van der Waals surface area contributed by atoms with Crippen LogP contribution in [0.25, 0.3) is 10.9 Å². The third kappa shape index (κ3) is 9.10. The van der Waals surface area contributed by atoms with E-state index in [-0.39, 0.29) is 25.7 Å². The van der Waals surface area contributed by atoms with E-state index in [0.29, 0.717) is 5.75 Å². The van der Waals surface area contributed by atoms with E-state index in [1.807, 2.05) is 24.3 Å². The summed E-state index contributed by atoms with van der Waals surface area (Å²) in [4.78, 5) is 64.0. The first-order valence-corrected chi connectivity index (χ1v) is 13.1. The van der Waals surface area contributed by atoms with Gasteiger partial charge in [-0.3, -0.25) is 19.2 Å². The summed E-state index contributed by atoms with van der Waals surface area (Å²) in [6, 6.07) is 3.21. The average Bonchev–Trinajstić information content (AvgIpc) is 3.26. The maximum atomic E-state index is 12.8. The lowest BCUT2D eigenvalue weighted by atomic mass is 10.0. The van der Waals surface area contributed by atoms with Gasteiger partial charge in [-0.15, -0.1) is 0 Å². The summed E-state index contributed by atoms with van der Waals surface area (Å²) in [5.74, 6) is -3.43. The molecule has 1 heterocycles. The Balaban J connectivity index is 1.99. The number of hydrogen-bond donors (Lipinski definition) is 7. The number of carbonyl (C=O) groups excluding carboxylic acids is 4. The molecule has 1 aromatic carbocycles. The minimum absolute atomic E-state index is 0.136.